The fourth-order valence-corrected chi connectivity index (χ4v) is 5.27. The molecule has 0 aliphatic rings. The van der Waals surface area contributed by atoms with Gasteiger partial charge in [0.2, 0.25) is 10.0 Å². The van der Waals surface area contributed by atoms with Gasteiger partial charge in [-0.3, -0.25) is 9.10 Å². The van der Waals surface area contributed by atoms with Gasteiger partial charge in [-0.1, -0.05) is 54.1 Å². The van der Waals surface area contributed by atoms with E-state index in [2.05, 4.69) is 36.5 Å². The van der Waals surface area contributed by atoms with E-state index >= 15 is 0 Å². The van der Waals surface area contributed by atoms with Crippen LogP contribution < -0.4 is 9.62 Å². The van der Waals surface area contributed by atoms with E-state index in [0.717, 1.165) is 28.2 Å². The standard InChI is InChI=1S/C27H32N2O3S2/c1-20-6-9-24(10-7-20)19-33-16-15-28-27(30)25-13-11-23(12-14-25)18-29(34(4,31)32)26-17-21(2)5-8-22(26)3/h5-14,17H,15-16,18-19H2,1-4H3,(H,28,30). The molecule has 0 heterocycles. The van der Waals surface area contributed by atoms with Gasteiger partial charge in [0.05, 0.1) is 18.5 Å². The molecule has 1 N–H and O–H groups in total. The van der Waals surface area contributed by atoms with Gasteiger partial charge in [0, 0.05) is 23.6 Å². The molecule has 3 aromatic rings. The Morgan fingerprint density at radius 1 is 0.882 bits per heavy atom. The summed E-state index contributed by atoms with van der Waals surface area (Å²) in [6.45, 7) is 6.72. The Balaban J connectivity index is 1.55. The lowest BCUT2D eigenvalue weighted by Gasteiger charge is -2.25. The smallest absolute Gasteiger partial charge is 0.251 e. The number of sulfonamides is 1. The van der Waals surface area contributed by atoms with Crippen LogP contribution in [0.15, 0.2) is 66.7 Å². The van der Waals surface area contributed by atoms with Crippen LogP contribution in [0.25, 0.3) is 0 Å². The van der Waals surface area contributed by atoms with Crippen molar-refractivity contribution in [2.45, 2.75) is 33.1 Å². The average Bonchev–Trinajstić information content (AvgIpc) is 2.80. The maximum absolute atomic E-state index is 12.5. The lowest BCUT2D eigenvalue weighted by atomic mass is 10.1. The van der Waals surface area contributed by atoms with Crippen LogP contribution in [0.3, 0.4) is 0 Å². The first-order valence-electron chi connectivity index (χ1n) is 11.2. The summed E-state index contributed by atoms with van der Waals surface area (Å²) in [5, 5.41) is 2.95. The highest BCUT2D eigenvalue weighted by atomic mass is 32.2. The topological polar surface area (TPSA) is 66.5 Å². The number of carbonyl (C=O) groups is 1. The van der Waals surface area contributed by atoms with Gasteiger partial charge in [0.25, 0.3) is 5.91 Å². The van der Waals surface area contributed by atoms with Crippen molar-refractivity contribution >= 4 is 33.4 Å². The number of aryl methyl sites for hydroxylation is 3. The molecule has 0 atom stereocenters. The van der Waals surface area contributed by atoms with Crippen LogP contribution in [0.2, 0.25) is 0 Å². The fraction of sp³-hybridized carbons (Fsp3) is 0.296. The number of hydrogen-bond acceptors (Lipinski definition) is 4. The van der Waals surface area contributed by atoms with Gasteiger partial charge < -0.3 is 5.32 Å². The number of benzene rings is 3. The average molecular weight is 497 g/mol. The summed E-state index contributed by atoms with van der Waals surface area (Å²) in [5.74, 6) is 1.62. The van der Waals surface area contributed by atoms with Crippen LogP contribution in [0.1, 0.15) is 38.2 Å². The van der Waals surface area contributed by atoms with E-state index < -0.39 is 10.0 Å². The molecule has 0 fully saturated rings. The number of rotatable bonds is 10. The van der Waals surface area contributed by atoms with E-state index in [-0.39, 0.29) is 12.5 Å². The molecule has 0 spiro atoms. The first-order chi connectivity index (χ1) is 16.1. The fourth-order valence-electron chi connectivity index (χ4n) is 3.51. The quantitative estimate of drug-likeness (QED) is 0.390. The number of amides is 1. The Hall–Kier alpha value is -2.77. The lowest BCUT2D eigenvalue weighted by molar-refractivity contribution is 0.0956. The minimum absolute atomic E-state index is 0.128. The predicted octanol–water partition coefficient (Wildman–Crippen LogP) is 5.24. The molecular formula is C27H32N2O3S2. The number of thioether (sulfide) groups is 1. The minimum Gasteiger partial charge on any atom is -0.351 e. The maximum Gasteiger partial charge on any atom is 0.251 e. The second-order valence-electron chi connectivity index (χ2n) is 8.55. The highest BCUT2D eigenvalue weighted by molar-refractivity contribution is 7.98. The van der Waals surface area contributed by atoms with Crippen molar-refractivity contribution < 1.29 is 13.2 Å². The summed E-state index contributed by atoms with van der Waals surface area (Å²) in [4.78, 5) is 12.5. The van der Waals surface area contributed by atoms with Crippen molar-refractivity contribution in [1.29, 1.82) is 0 Å². The molecule has 0 unspecified atom stereocenters. The van der Waals surface area contributed by atoms with Crippen molar-refractivity contribution in [3.63, 3.8) is 0 Å². The third-order valence-corrected chi connectivity index (χ3v) is 7.65. The highest BCUT2D eigenvalue weighted by Crippen LogP contribution is 2.26. The molecule has 0 radical (unpaired) electrons. The van der Waals surface area contributed by atoms with Gasteiger partial charge >= 0.3 is 0 Å². The lowest BCUT2D eigenvalue weighted by Crippen LogP contribution is -2.30. The van der Waals surface area contributed by atoms with Gasteiger partial charge in [-0.15, -0.1) is 0 Å². The van der Waals surface area contributed by atoms with Crippen molar-refractivity contribution in [2.75, 3.05) is 22.9 Å². The number of nitrogens with one attached hydrogen (secondary N) is 1. The van der Waals surface area contributed by atoms with Crippen LogP contribution in [0.5, 0.6) is 0 Å². The first kappa shape index (κ1) is 25.8. The number of carbonyl (C=O) groups excluding carboxylic acids is 1. The van der Waals surface area contributed by atoms with Crippen molar-refractivity contribution in [1.82, 2.24) is 5.32 Å². The Morgan fingerprint density at radius 2 is 1.50 bits per heavy atom. The Kier molecular flexibility index (Phi) is 8.80. The SMILES string of the molecule is Cc1ccc(CSCCNC(=O)c2ccc(CN(c3cc(C)ccc3C)S(C)(=O)=O)cc2)cc1. The third kappa shape index (κ3) is 7.37. The van der Waals surface area contributed by atoms with Gasteiger partial charge in [0.1, 0.15) is 0 Å². The molecule has 3 aromatic carbocycles. The molecular weight excluding hydrogens is 464 g/mol. The zero-order valence-corrected chi connectivity index (χ0v) is 21.8. The molecule has 180 valence electrons. The molecule has 0 saturated heterocycles. The Labute approximate surface area is 207 Å². The maximum atomic E-state index is 12.5. The highest BCUT2D eigenvalue weighted by Gasteiger charge is 2.20. The van der Waals surface area contributed by atoms with E-state index in [9.17, 15) is 13.2 Å². The van der Waals surface area contributed by atoms with Gasteiger partial charge in [-0.25, -0.2) is 8.42 Å². The van der Waals surface area contributed by atoms with Crippen molar-refractivity contribution in [3.8, 4) is 0 Å². The Bertz CT molecular complexity index is 1220. The number of anilines is 1. The molecule has 5 nitrogen and oxygen atoms in total. The summed E-state index contributed by atoms with van der Waals surface area (Å²) < 4.78 is 26.4. The molecule has 0 saturated carbocycles. The molecule has 3 rings (SSSR count). The van der Waals surface area contributed by atoms with Crippen molar-refractivity contribution in [3.05, 3.63) is 100 Å². The van der Waals surface area contributed by atoms with Crippen LogP contribution in [-0.4, -0.2) is 32.9 Å². The summed E-state index contributed by atoms with van der Waals surface area (Å²) in [6, 6.07) is 21.4. The molecule has 0 aliphatic heterocycles. The molecule has 1 amide bonds. The third-order valence-electron chi connectivity index (χ3n) is 5.50. The summed E-state index contributed by atoms with van der Waals surface area (Å²) in [6.07, 6.45) is 1.22. The summed E-state index contributed by atoms with van der Waals surface area (Å²) in [7, 11) is -3.47. The monoisotopic (exact) mass is 496 g/mol. The van der Waals surface area contributed by atoms with Crippen molar-refractivity contribution in [2.24, 2.45) is 0 Å². The van der Waals surface area contributed by atoms with Crippen LogP contribution >= 0.6 is 11.8 Å². The van der Waals surface area contributed by atoms with Crippen LogP contribution in [0, 0.1) is 20.8 Å². The summed E-state index contributed by atoms with van der Waals surface area (Å²) >= 11 is 1.78. The van der Waals surface area contributed by atoms with E-state index in [1.54, 1.807) is 23.9 Å². The number of hydrogen-bond donors (Lipinski definition) is 1. The molecule has 0 aliphatic carbocycles. The Morgan fingerprint density at radius 3 is 2.15 bits per heavy atom. The van der Waals surface area contributed by atoms with Crippen LogP contribution in [0.4, 0.5) is 5.69 Å². The first-order valence-corrected chi connectivity index (χ1v) is 14.2. The minimum atomic E-state index is -3.47. The second kappa shape index (κ2) is 11.6. The zero-order chi connectivity index (χ0) is 24.7. The van der Waals surface area contributed by atoms with Gasteiger partial charge in [-0.2, -0.15) is 11.8 Å². The largest absolute Gasteiger partial charge is 0.351 e. The van der Waals surface area contributed by atoms with Gasteiger partial charge in [-0.05, 0) is 61.2 Å². The second-order valence-corrected chi connectivity index (χ2v) is 11.6. The van der Waals surface area contributed by atoms with E-state index in [0.29, 0.717) is 17.8 Å². The normalized spacial score (nSPS) is 11.3. The molecule has 34 heavy (non-hydrogen) atoms. The molecule has 0 aromatic heterocycles. The summed E-state index contributed by atoms with van der Waals surface area (Å²) in [5.41, 5.74) is 6.47. The number of nitrogens with zero attached hydrogens (tertiary/aromatic N) is 1. The molecule has 0 bridgehead atoms. The van der Waals surface area contributed by atoms with E-state index in [1.165, 1.54) is 21.7 Å². The van der Waals surface area contributed by atoms with Gasteiger partial charge in [0.15, 0.2) is 0 Å². The predicted molar refractivity (Wildman–Crippen MR) is 143 cm³/mol. The molecule has 7 heteroatoms. The van der Waals surface area contributed by atoms with E-state index in [1.807, 2.05) is 44.2 Å². The zero-order valence-electron chi connectivity index (χ0n) is 20.2. The van der Waals surface area contributed by atoms with Crippen LogP contribution in [-0.2, 0) is 22.3 Å². The van der Waals surface area contributed by atoms with E-state index in [4.69, 9.17) is 0 Å².